The molecule has 1 aromatic heterocycles. The van der Waals surface area contributed by atoms with Crippen LogP contribution in [0.5, 0.6) is 0 Å². The van der Waals surface area contributed by atoms with E-state index in [0.29, 0.717) is 5.92 Å². The van der Waals surface area contributed by atoms with Gasteiger partial charge in [0.2, 0.25) is 0 Å². The van der Waals surface area contributed by atoms with Gasteiger partial charge >= 0.3 is 0 Å². The summed E-state index contributed by atoms with van der Waals surface area (Å²) in [5, 5.41) is 4.83. The van der Waals surface area contributed by atoms with Crippen molar-refractivity contribution in [2.75, 3.05) is 6.54 Å². The van der Waals surface area contributed by atoms with E-state index < -0.39 is 0 Å². The van der Waals surface area contributed by atoms with Crippen molar-refractivity contribution in [1.82, 2.24) is 5.32 Å². The minimum Gasteiger partial charge on any atom is -0.351 e. The molecule has 0 aliphatic heterocycles. The number of amides is 1. The molecule has 0 aromatic carbocycles. The second kappa shape index (κ2) is 5.81. The van der Waals surface area contributed by atoms with E-state index in [9.17, 15) is 4.79 Å². The molecular weight excluding hydrogens is 194 g/mol. The lowest BCUT2D eigenvalue weighted by atomic mass is 10.1. The van der Waals surface area contributed by atoms with Gasteiger partial charge in [0.25, 0.3) is 5.91 Å². The molecule has 0 saturated heterocycles. The molecule has 0 atom stereocenters. The molecule has 1 heterocycles. The highest BCUT2D eigenvalue weighted by atomic mass is 32.1. The zero-order valence-electron chi connectivity index (χ0n) is 8.75. The van der Waals surface area contributed by atoms with Crippen molar-refractivity contribution in [3.63, 3.8) is 0 Å². The van der Waals surface area contributed by atoms with Crippen LogP contribution in [0, 0.1) is 5.92 Å². The Balaban J connectivity index is 2.16. The van der Waals surface area contributed by atoms with E-state index >= 15 is 0 Å². The first-order chi connectivity index (χ1) is 6.70. The van der Waals surface area contributed by atoms with Crippen LogP contribution in [0.3, 0.4) is 0 Å². The molecule has 0 saturated carbocycles. The van der Waals surface area contributed by atoms with Gasteiger partial charge in [-0.15, -0.1) is 11.3 Å². The van der Waals surface area contributed by atoms with E-state index in [4.69, 9.17) is 0 Å². The number of carbonyl (C=O) groups is 1. The predicted octanol–water partition coefficient (Wildman–Crippen LogP) is 2.91. The molecule has 1 rings (SSSR count). The van der Waals surface area contributed by atoms with Crippen LogP contribution in [0.1, 0.15) is 36.4 Å². The minimum atomic E-state index is 0.0590. The van der Waals surface area contributed by atoms with E-state index in [0.717, 1.165) is 17.8 Å². The Bertz CT molecular complexity index is 267. The fourth-order valence-electron chi connectivity index (χ4n) is 1.21. The molecule has 1 N–H and O–H groups in total. The highest BCUT2D eigenvalue weighted by Gasteiger charge is 2.04. The molecule has 14 heavy (non-hydrogen) atoms. The van der Waals surface area contributed by atoms with Gasteiger partial charge in [-0.2, -0.15) is 0 Å². The number of hydrogen-bond acceptors (Lipinski definition) is 2. The molecular formula is C11H17NOS. The van der Waals surface area contributed by atoms with Crippen molar-refractivity contribution in [1.29, 1.82) is 0 Å². The van der Waals surface area contributed by atoms with Crippen LogP contribution >= 0.6 is 11.3 Å². The van der Waals surface area contributed by atoms with Gasteiger partial charge in [0, 0.05) is 6.54 Å². The summed E-state index contributed by atoms with van der Waals surface area (Å²) in [6.45, 7) is 5.18. The Morgan fingerprint density at radius 1 is 1.57 bits per heavy atom. The maximum atomic E-state index is 11.4. The van der Waals surface area contributed by atoms with E-state index in [1.165, 1.54) is 17.8 Å². The van der Waals surface area contributed by atoms with Gasteiger partial charge in [-0.25, -0.2) is 0 Å². The lowest BCUT2D eigenvalue weighted by Crippen LogP contribution is -2.23. The highest BCUT2D eigenvalue weighted by Crippen LogP contribution is 2.08. The lowest BCUT2D eigenvalue weighted by molar-refractivity contribution is 0.0956. The van der Waals surface area contributed by atoms with Crippen molar-refractivity contribution in [2.45, 2.75) is 26.7 Å². The molecule has 0 spiro atoms. The van der Waals surface area contributed by atoms with Crippen LogP contribution in [0.25, 0.3) is 0 Å². The maximum Gasteiger partial charge on any atom is 0.261 e. The van der Waals surface area contributed by atoms with E-state index in [1.54, 1.807) is 0 Å². The van der Waals surface area contributed by atoms with Crippen molar-refractivity contribution >= 4 is 17.2 Å². The predicted molar refractivity (Wildman–Crippen MR) is 60.7 cm³/mol. The molecule has 0 radical (unpaired) electrons. The zero-order chi connectivity index (χ0) is 10.4. The average Bonchev–Trinajstić information content (AvgIpc) is 2.64. The normalized spacial score (nSPS) is 10.5. The molecule has 0 bridgehead atoms. The molecule has 1 amide bonds. The number of carbonyl (C=O) groups excluding carboxylic acids is 1. The molecule has 1 aromatic rings. The van der Waals surface area contributed by atoms with Gasteiger partial charge in [-0.1, -0.05) is 19.9 Å². The Hall–Kier alpha value is -0.830. The summed E-state index contributed by atoms with van der Waals surface area (Å²) >= 11 is 1.48. The first kappa shape index (κ1) is 11.2. The monoisotopic (exact) mass is 211 g/mol. The standard InChI is InChI=1S/C11H17NOS/c1-9(2)5-3-7-12-11(13)10-6-4-8-14-10/h4,6,8-9H,3,5,7H2,1-2H3,(H,12,13). The van der Waals surface area contributed by atoms with Gasteiger partial charge < -0.3 is 5.32 Å². The summed E-state index contributed by atoms with van der Waals surface area (Å²) in [6, 6.07) is 3.75. The van der Waals surface area contributed by atoms with E-state index in [-0.39, 0.29) is 5.91 Å². The van der Waals surface area contributed by atoms with Gasteiger partial charge in [0.05, 0.1) is 4.88 Å². The summed E-state index contributed by atoms with van der Waals surface area (Å²) in [4.78, 5) is 12.3. The number of nitrogens with one attached hydrogen (secondary N) is 1. The summed E-state index contributed by atoms with van der Waals surface area (Å²) in [6.07, 6.45) is 2.24. The summed E-state index contributed by atoms with van der Waals surface area (Å²) in [5.41, 5.74) is 0. The Kier molecular flexibility index (Phi) is 4.66. The fourth-order valence-corrected chi connectivity index (χ4v) is 1.85. The third kappa shape index (κ3) is 3.92. The van der Waals surface area contributed by atoms with Crippen LogP contribution in [0.4, 0.5) is 0 Å². The van der Waals surface area contributed by atoms with Gasteiger partial charge in [0.15, 0.2) is 0 Å². The highest BCUT2D eigenvalue weighted by molar-refractivity contribution is 7.12. The number of rotatable bonds is 5. The summed E-state index contributed by atoms with van der Waals surface area (Å²) in [5.74, 6) is 0.775. The SMILES string of the molecule is CC(C)CCCNC(=O)c1cccs1. The van der Waals surface area contributed by atoms with Crippen molar-refractivity contribution < 1.29 is 4.79 Å². The van der Waals surface area contributed by atoms with Crippen molar-refractivity contribution in [2.24, 2.45) is 5.92 Å². The van der Waals surface area contributed by atoms with Crippen molar-refractivity contribution in [3.8, 4) is 0 Å². The second-order valence-electron chi connectivity index (χ2n) is 3.77. The number of hydrogen-bond donors (Lipinski definition) is 1. The third-order valence-electron chi connectivity index (χ3n) is 1.99. The van der Waals surface area contributed by atoms with E-state index in [1.807, 2.05) is 17.5 Å². The summed E-state index contributed by atoms with van der Waals surface area (Å²) in [7, 11) is 0. The minimum absolute atomic E-state index is 0.0590. The molecule has 0 unspecified atom stereocenters. The Morgan fingerprint density at radius 2 is 2.36 bits per heavy atom. The average molecular weight is 211 g/mol. The largest absolute Gasteiger partial charge is 0.351 e. The Labute approximate surface area is 89.3 Å². The van der Waals surface area contributed by atoms with Gasteiger partial charge in [0.1, 0.15) is 0 Å². The molecule has 3 heteroatoms. The molecule has 0 fully saturated rings. The lowest BCUT2D eigenvalue weighted by Gasteiger charge is -2.05. The Morgan fingerprint density at radius 3 is 2.93 bits per heavy atom. The summed E-state index contributed by atoms with van der Waals surface area (Å²) < 4.78 is 0. The van der Waals surface area contributed by atoms with Crippen LogP contribution in [0.15, 0.2) is 17.5 Å². The molecule has 0 aliphatic carbocycles. The smallest absolute Gasteiger partial charge is 0.261 e. The van der Waals surface area contributed by atoms with E-state index in [2.05, 4.69) is 19.2 Å². The van der Waals surface area contributed by atoms with Crippen LogP contribution in [0.2, 0.25) is 0 Å². The van der Waals surface area contributed by atoms with Gasteiger partial charge in [-0.3, -0.25) is 4.79 Å². The first-order valence-electron chi connectivity index (χ1n) is 5.02. The van der Waals surface area contributed by atoms with Crippen molar-refractivity contribution in [3.05, 3.63) is 22.4 Å². The van der Waals surface area contributed by atoms with Gasteiger partial charge in [-0.05, 0) is 30.2 Å². The first-order valence-corrected chi connectivity index (χ1v) is 5.90. The van der Waals surface area contributed by atoms with Crippen LogP contribution in [-0.4, -0.2) is 12.5 Å². The van der Waals surface area contributed by atoms with Crippen LogP contribution in [-0.2, 0) is 0 Å². The topological polar surface area (TPSA) is 29.1 Å². The number of thiophene rings is 1. The molecule has 2 nitrogen and oxygen atoms in total. The molecule has 0 aliphatic rings. The third-order valence-corrected chi connectivity index (χ3v) is 2.86. The second-order valence-corrected chi connectivity index (χ2v) is 4.72. The van der Waals surface area contributed by atoms with Crippen LogP contribution < -0.4 is 5.32 Å². The fraction of sp³-hybridized carbons (Fsp3) is 0.545. The zero-order valence-corrected chi connectivity index (χ0v) is 9.56. The quantitative estimate of drug-likeness (QED) is 0.745. The molecule has 78 valence electrons. The maximum absolute atomic E-state index is 11.4.